The van der Waals surface area contributed by atoms with Crippen molar-refractivity contribution in [2.24, 2.45) is 5.73 Å². The number of fused-ring (bicyclic) bond motifs is 1. The molecule has 1 amide bonds. The van der Waals surface area contributed by atoms with E-state index in [0.29, 0.717) is 48.5 Å². The lowest BCUT2D eigenvalue weighted by molar-refractivity contribution is -0.131. The monoisotopic (exact) mass is 374 g/mol. The number of ether oxygens (including phenoxy) is 2. The molecule has 1 aromatic rings. The molecular weight excluding hydrogens is 352 g/mol. The van der Waals surface area contributed by atoms with Crippen LogP contribution in [0.4, 0.5) is 0 Å². The lowest BCUT2D eigenvalue weighted by Gasteiger charge is -2.30. The van der Waals surface area contributed by atoms with Crippen molar-refractivity contribution in [3.8, 4) is 11.5 Å². The van der Waals surface area contributed by atoms with Crippen molar-refractivity contribution in [1.82, 2.24) is 4.90 Å². The van der Waals surface area contributed by atoms with Crippen LogP contribution in [0, 0.1) is 0 Å². The summed E-state index contributed by atoms with van der Waals surface area (Å²) in [6.07, 6.45) is 1.98. The lowest BCUT2D eigenvalue weighted by atomic mass is 10.1. The quantitative estimate of drug-likeness (QED) is 0.859. The van der Waals surface area contributed by atoms with Gasteiger partial charge < -0.3 is 20.1 Å². The molecule has 134 valence electrons. The summed E-state index contributed by atoms with van der Waals surface area (Å²) >= 11 is 0. The molecule has 1 aromatic carbocycles. The summed E-state index contributed by atoms with van der Waals surface area (Å²) in [5.74, 6) is 1.68. The van der Waals surface area contributed by atoms with Crippen LogP contribution in [0.2, 0.25) is 0 Å². The number of hydrogen-bond acceptors (Lipinski definition) is 5. The number of nitrogens with two attached hydrogens (primary N) is 1. The van der Waals surface area contributed by atoms with Crippen LogP contribution in [0.25, 0.3) is 0 Å². The second-order valence-corrected chi connectivity index (χ2v) is 7.39. The molecule has 2 N–H and O–H groups in total. The van der Waals surface area contributed by atoms with Crippen molar-refractivity contribution < 1.29 is 18.5 Å². The van der Waals surface area contributed by atoms with E-state index in [4.69, 9.17) is 15.2 Å². The SMILES string of the molecule is Cl.NC1CCN(C(=O)CCS(=O)c2ccc3c(c2)OCCO3)CC1. The molecule has 2 heterocycles. The average molecular weight is 375 g/mol. The molecule has 3 rings (SSSR count). The summed E-state index contributed by atoms with van der Waals surface area (Å²) in [5.41, 5.74) is 5.84. The summed E-state index contributed by atoms with van der Waals surface area (Å²) in [4.78, 5) is 14.7. The van der Waals surface area contributed by atoms with Crippen LogP contribution in [0.15, 0.2) is 23.1 Å². The largest absolute Gasteiger partial charge is 0.486 e. The van der Waals surface area contributed by atoms with E-state index in [0.717, 1.165) is 12.8 Å². The highest BCUT2D eigenvalue weighted by atomic mass is 35.5. The third-order valence-electron chi connectivity index (χ3n) is 4.17. The van der Waals surface area contributed by atoms with Gasteiger partial charge in [0.2, 0.25) is 5.91 Å². The Morgan fingerprint density at radius 2 is 1.88 bits per heavy atom. The molecule has 6 nitrogen and oxygen atoms in total. The van der Waals surface area contributed by atoms with Crippen LogP contribution in [0.1, 0.15) is 19.3 Å². The molecular formula is C16H23ClN2O4S. The van der Waals surface area contributed by atoms with Crippen LogP contribution >= 0.6 is 12.4 Å². The first kappa shape index (κ1) is 19.0. The number of carbonyl (C=O) groups excluding carboxylic acids is 1. The normalized spacial score (nSPS) is 18.6. The van der Waals surface area contributed by atoms with E-state index in [9.17, 15) is 9.00 Å². The van der Waals surface area contributed by atoms with Gasteiger partial charge in [0.05, 0.1) is 10.8 Å². The van der Waals surface area contributed by atoms with Crippen molar-refractivity contribution >= 4 is 29.1 Å². The van der Waals surface area contributed by atoms with Crippen molar-refractivity contribution in [3.63, 3.8) is 0 Å². The van der Waals surface area contributed by atoms with E-state index in [1.165, 1.54) is 0 Å². The molecule has 8 heteroatoms. The summed E-state index contributed by atoms with van der Waals surface area (Å²) in [6.45, 7) is 2.44. The van der Waals surface area contributed by atoms with E-state index < -0.39 is 10.8 Å². The van der Waals surface area contributed by atoms with Crippen LogP contribution in [0.5, 0.6) is 11.5 Å². The number of carbonyl (C=O) groups is 1. The maximum atomic E-state index is 12.4. The molecule has 1 unspecified atom stereocenters. The maximum Gasteiger partial charge on any atom is 0.223 e. The van der Waals surface area contributed by atoms with Gasteiger partial charge in [0.15, 0.2) is 11.5 Å². The standard InChI is InChI=1S/C16H22N2O4S.ClH/c17-12-3-6-18(7-4-12)16(19)5-10-23(20)13-1-2-14-15(11-13)22-9-8-21-14;/h1-2,11-12H,3-10,17H2;1H. The number of likely N-dealkylation sites (tertiary alicyclic amines) is 1. The fourth-order valence-corrected chi connectivity index (χ4v) is 3.82. The smallest absolute Gasteiger partial charge is 0.223 e. The van der Waals surface area contributed by atoms with E-state index in [2.05, 4.69) is 0 Å². The van der Waals surface area contributed by atoms with Gasteiger partial charge in [0.25, 0.3) is 0 Å². The van der Waals surface area contributed by atoms with Gasteiger partial charge in [-0.3, -0.25) is 9.00 Å². The zero-order valence-corrected chi connectivity index (χ0v) is 15.1. The van der Waals surface area contributed by atoms with Crippen LogP contribution < -0.4 is 15.2 Å². The number of hydrogen-bond donors (Lipinski definition) is 1. The third kappa shape index (κ3) is 4.62. The van der Waals surface area contributed by atoms with Gasteiger partial charge in [-0.15, -0.1) is 12.4 Å². The number of rotatable bonds is 4. The lowest BCUT2D eigenvalue weighted by Crippen LogP contribution is -2.43. The Hall–Kier alpha value is -1.31. The van der Waals surface area contributed by atoms with Gasteiger partial charge in [0, 0.05) is 42.3 Å². The minimum absolute atomic E-state index is 0. The van der Waals surface area contributed by atoms with Crippen molar-refractivity contribution in [1.29, 1.82) is 0 Å². The van der Waals surface area contributed by atoms with Crippen molar-refractivity contribution in [2.75, 3.05) is 32.1 Å². The number of benzene rings is 1. The van der Waals surface area contributed by atoms with Crippen molar-refractivity contribution in [3.05, 3.63) is 18.2 Å². The predicted molar refractivity (Wildman–Crippen MR) is 94.4 cm³/mol. The molecule has 0 bridgehead atoms. The topological polar surface area (TPSA) is 81.9 Å². The van der Waals surface area contributed by atoms with E-state index in [1.54, 1.807) is 18.2 Å². The fraction of sp³-hybridized carbons (Fsp3) is 0.562. The minimum atomic E-state index is -1.22. The molecule has 1 fully saturated rings. The van der Waals surface area contributed by atoms with E-state index in [1.807, 2.05) is 4.90 Å². The highest BCUT2D eigenvalue weighted by Crippen LogP contribution is 2.31. The molecule has 2 aliphatic heterocycles. The van der Waals surface area contributed by atoms with Gasteiger partial charge in [-0.05, 0) is 25.0 Å². The van der Waals surface area contributed by atoms with Crippen LogP contribution in [-0.4, -0.2) is 53.1 Å². The molecule has 0 radical (unpaired) electrons. The molecule has 2 aliphatic rings. The zero-order valence-electron chi connectivity index (χ0n) is 13.4. The summed E-state index contributed by atoms with van der Waals surface area (Å²) < 4.78 is 23.3. The van der Waals surface area contributed by atoms with E-state index >= 15 is 0 Å². The number of nitrogens with zero attached hydrogens (tertiary/aromatic N) is 1. The maximum absolute atomic E-state index is 12.4. The van der Waals surface area contributed by atoms with Gasteiger partial charge in [-0.2, -0.15) is 0 Å². The minimum Gasteiger partial charge on any atom is -0.486 e. The van der Waals surface area contributed by atoms with Crippen LogP contribution in [0.3, 0.4) is 0 Å². The molecule has 1 atom stereocenters. The third-order valence-corrected chi connectivity index (χ3v) is 5.52. The number of halogens is 1. The fourth-order valence-electron chi connectivity index (χ4n) is 2.77. The molecule has 0 aliphatic carbocycles. The summed E-state index contributed by atoms with van der Waals surface area (Å²) in [5, 5.41) is 0. The van der Waals surface area contributed by atoms with Gasteiger partial charge in [-0.1, -0.05) is 0 Å². The molecule has 1 saturated heterocycles. The number of piperidine rings is 1. The predicted octanol–water partition coefficient (Wildman–Crippen LogP) is 1.33. The second-order valence-electron chi connectivity index (χ2n) is 5.82. The Bertz CT molecular complexity index is 606. The highest BCUT2D eigenvalue weighted by Gasteiger charge is 2.21. The number of amides is 1. The Morgan fingerprint density at radius 3 is 2.58 bits per heavy atom. The first-order valence-electron chi connectivity index (χ1n) is 7.95. The highest BCUT2D eigenvalue weighted by molar-refractivity contribution is 7.85. The van der Waals surface area contributed by atoms with Crippen molar-refractivity contribution in [2.45, 2.75) is 30.2 Å². The zero-order chi connectivity index (χ0) is 16.2. The van der Waals surface area contributed by atoms with Crippen LogP contribution in [-0.2, 0) is 15.6 Å². The first-order chi connectivity index (χ1) is 11.1. The Balaban J connectivity index is 0.00000208. The summed E-state index contributed by atoms with van der Waals surface area (Å²) in [6, 6.07) is 5.49. The van der Waals surface area contributed by atoms with E-state index in [-0.39, 0.29) is 30.8 Å². The first-order valence-corrected chi connectivity index (χ1v) is 9.27. The Labute approximate surface area is 150 Å². The molecule has 0 spiro atoms. The molecule has 0 aromatic heterocycles. The average Bonchev–Trinajstić information content (AvgIpc) is 2.59. The van der Waals surface area contributed by atoms with Gasteiger partial charge in [0.1, 0.15) is 13.2 Å². The second kappa shape index (κ2) is 8.69. The summed E-state index contributed by atoms with van der Waals surface area (Å²) in [7, 11) is -1.22. The van der Waals surface area contributed by atoms with Gasteiger partial charge in [-0.25, -0.2) is 0 Å². The van der Waals surface area contributed by atoms with Gasteiger partial charge >= 0.3 is 0 Å². The molecule has 0 saturated carbocycles. The Morgan fingerprint density at radius 1 is 1.21 bits per heavy atom. The molecule has 24 heavy (non-hydrogen) atoms. The Kier molecular flexibility index (Phi) is 6.89.